The second kappa shape index (κ2) is 3.26. The van der Waals surface area contributed by atoms with Gasteiger partial charge in [0.25, 0.3) is 0 Å². The van der Waals surface area contributed by atoms with E-state index < -0.39 is 0 Å². The number of nitrogens with two attached hydrogens (primary N) is 1. The molecule has 5 nitrogen and oxygen atoms in total. The zero-order valence-electron chi connectivity index (χ0n) is 8.07. The van der Waals surface area contributed by atoms with Gasteiger partial charge < -0.3 is 15.0 Å². The number of hydrogen-bond acceptors (Lipinski definition) is 5. The van der Waals surface area contributed by atoms with E-state index in [4.69, 9.17) is 15.0 Å². The molecular weight excluding hydrogens is 182 g/mol. The first-order valence-corrected chi connectivity index (χ1v) is 4.22. The Kier molecular flexibility index (Phi) is 2.09. The molecular formula is C9H11N3O2. The molecule has 2 aromatic heterocycles. The summed E-state index contributed by atoms with van der Waals surface area (Å²) in [6.07, 6.45) is 0. The smallest absolute Gasteiger partial charge is 0.232 e. The van der Waals surface area contributed by atoms with E-state index >= 15 is 0 Å². The molecule has 0 aliphatic carbocycles. The Hall–Kier alpha value is -1.62. The van der Waals surface area contributed by atoms with E-state index in [2.05, 4.69) is 10.1 Å². The van der Waals surface area contributed by atoms with Crippen molar-refractivity contribution in [3.63, 3.8) is 0 Å². The number of aromatic nitrogens is 2. The Balaban J connectivity index is 2.70. The first-order chi connectivity index (χ1) is 6.72. The van der Waals surface area contributed by atoms with E-state index in [1.54, 1.807) is 7.11 Å². The number of anilines is 1. The van der Waals surface area contributed by atoms with Crippen LogP contribution < -0.4 is 5.73 Å². The van der Waals surface area contributed by atoms with Gasteiger partial charge in [-0.1, -0.05) is 5.16 Å². The van der Waals surface area contributed by atoms with Crippen molar-refractivity contribution in [2.24, 2.45) is 0 Å². The molecule has 2 N–H and O–H groups in total. The quantitative estimate of drug-likeness (QED) is 0.777. The maximum Gasteiger partial charge on any atom is 0.232 e. The van der Waals surface area contributed by atoms with Gasteiger partial charge in [-0.25, -0.2) is 4.98 Å². The van der Waals surface area contributed by atoms with Crippen molar-refractivity contribution in [1.82, 2.24) is 10.1 Å². The molecule has 74 valence electrons. The fraction of sp³-hybridized carbons (Fsp3) is 0.333. The number of ether oxygens (including phenoxy) is 1. The van der Waals surface area contributed by atoms with Crippen LogP contribution >= 0.6 is 0 Å². The number of aryl methyl sites for hydroxylation is 1. The van der Waals surface area contributed by atoms with Gasteiger partial charge in [-0.15, -0.1) is 0 Å². The van der Waals surface area contributed by atoms with Gasteiger partial charge in [0.15, 0.2) is 0 Å². The molecule has 0 fully saturated rings. The maximum atomic E-state index is 5.63. The molecule has 2 rings (SSSR count). The van der Waals surface area contributed by atoms with Crippen LogP contribution in [0.2, 0.25) is 0 Å². The van der Waals surface area contributed by atoms with Crippen LogP contribution in [0.3, 0.4) is 0 Å². The van der Waals surface area contributed by atoms with Crippen molar-refractivity contribution in [2.75, 3.05) is 12.8 Å². The molecule has 0 radical (unpaired) electrons. The van der Waals surface area contributed by atoms with E-state index in [9.17, 15) is 0 Å². The zero-order chi connectivity index (χ0) is 10.1. The topological polar surface area (TPSA) is 74.2 Å². The molecule has 0 aromatic carbocycles. The standard InChI is InChI=1S/C9H11N3O2/c1-5-3-6(4-13-2)7-8(10)14-12-9(7)11-5/h3H,4,10H2,1-2H3. The van der Waals surface area contributed by atoms with Gasteiger partial charge >= 0.3 is 0 Å². The number of pyridine rings is 1. The van der Waals surface area contributed by atoms with Crippen molar-refractivity contribution < 1.29 is 9.26 Å². The van der Waals surface area contributed by atoms with E-state index in [0.717, 1.165) is 16.6 Å². The summed E-state index contributed by atoms with van der Waals surface area (Å²) in [6, 6.07) is 1.92. The third-order valence-corrected chi connectivity index (χ3v) is 1.99. The summed E-state index contributed by atoms with van der Waals surface area (Å²) >= 11 is 0. The monoisotopic (exact) mass is 193 g/mol. The van der Waals surface area contributed by atoms with Gasteiger partial charge in [-0.05, 0) is 18.6 Å². The molecule has 0 spiro atoms. The number of nitrogens with zero attached hydrogens (tertiary/aromatic N) is 2. The fourth-order valence-corrected chi connectivity index (χ4v) is 1.47. The van der Waals surface area contributed by atoms with Gasteiger partial charge in [0, 0.05) is 12.8 Å². The Labute approximate surface area is 80.8 Å². The normalized spacial score (nSPS) is 11.0. The minimum absolute atomic E-state index is 0.291. The highest BCUT2D eigenvalue weighted by atomic mass is 16.5. The highest BCUT2D eigenvalue weighted by Gasteiger charge is 2.11. The Morgan fingerprint density at radius 2 is 2.36 bits per heavy atom. The zero-order valence-corrected chi connectivity index (χ0v) is 8.07. The number of nitrogen functional groups attached to an aromatic ring is 1. The van der Waals surface area contributed by atoms with Crippen molar-refractivity contribution in [3.8, 4) is 0 Å². The van der Waals surface area contributed by atoms with Gasteiger partial charge in [0.2, 0.25) is 11.5 Å². The second-order valence-electron chi connectivity index (χ2n) is 3.10. The van der Waals surface area contributed by atoms with E-state index in [-0.39, 0.29) is 0 Å². The van der Waals surface area contributed by atoms with Crippen LogP contribution in [0.1, 0.15) is 11.3 Å². The lowest BCUT2D eigenvalue weighted by molar-refractivity contribution is 0.186. The highest BCUT2D eigenvalue weighted by molar-refractivity contribution is 5.87. The molecule has 0 aliphatic rings. The third-order valence-electron chi connectivity index (χ3n) is 1.99. The summed E-state index contributed by atoms with van der Waals surface area (Å²) in [4.78, 5) is 4.20. The Morgan fingerprint density at radius 3 is 3.07 bits per heavy atom. The van der Waals surface area contributed by atoms with Crippen molar-refractivity contribution in [2.45, 2.75) is 13.5 Å². The van der Waals surface area contributed by atoms with Crippen LogP contribution in [0.4, 0.5) is 5.88 Å². The fourth-order valence-electron chi connectivity index (χ4n) is 1.47. The molecule has 5 heteroatoms. The minimum Gasteiger partial charge on any atom is -0.380 e. The Bertz CT molecular complexity index is 464. The number of hydrogen-bond donors (Lipinski definition) is 1. The summed E-state index contributed by atoms with van der Waals surface area (Å²) in [5.74, 6) is 0.291. The van der Waals surface area contributed by atoms with Crippen molar-refractivity contribution >= 4 is 16.9 Å². The SMILES string of the molecule is COCc1cc(C)nc2noc(N)c12. The molecule has 0 aliphatic heterocycles. The average Bonchev–Trinajstić information content (AvgIpc) is 2.48. The van der Waals surface area contributed by atoms with Gasteiger partial charge in [-0.3, -0.25) is 0 Å². The third kappa shape index (κ3) is 1.31. The number of methoxy groups -OCH3 is 1. The molecule has 0 bridgehead atoms. The van der Waals surface area contributed by atoms with E-state index in [0.29, 0.717) is 18.1 Å². The van der Waals surface area contributed by atoms with Gasteiger partial charge in [0.1, 0.15) is 0 Å². The number of fused-ring (bicyclic) bond motifs is 1. The largest absolute Gasteiger partial charge is 0.380 e. The van der Waals surface area contributed by atoms with Crippen LogP contribution in [0.5, 0.6) is 0 Å². The molecule has 0 atom stereocenters. The van der Waals surface area contributed by atoms with Crippen LogP contribution in [-0.2, 0) is 11.3 Å². The summed E-state index contributed by atoms with van der Waals surface area (Å²) < 4.78 is 9.93. The summed E-state index contributed by atoms with van der Waals surface area (Å²) in [5.41, 5.74) is 7.99. The molecule has 0 saturated carbocycles. The Morgan fingerprint density at radius 1 is 1.57 bits per heavy atom. The second-order valence-corrected chi connectivity index (χ2v) is 3.10. The molecule has 14 heavy (non-hydrogen) atoms. The summed E-state index contributed by atoms with van der Waals surface area (Å²) in [5, 5.41) is 4.50. The van der Waals surface area contributed by atoms with E-state index in [1.165, 1.54) is 0 Å². The first-order valence-electron chi connectivity index (χ1n) is 4.22. The van der Waals surface area contributed by atoms with Gasteiger partial charge in [-0.2, -0.15) is 0 Å². The molecule has 0 saturated heterocycles. The lowest BCUT2D eigenvalue weighted by Gasteiger charge is -2.01. The van der Waals surface area contributed by atoms with Crippen LogP contribution in [-0.4, -0.2) is 17.3 Å². The summed E-state index contributed by atoms with van der Waals surface area (Å²) in [7, 11) is 1.63. The lowest BCUT2D eigenvalue weighted by atomic mass is 10.1. The maximum absolute atomic E-state index is 5.63. The van der Waals surface area contributed by atoms with Crippen molar-refractivity contribution in [3.05, 3.63) is 17.3 Å². The molecule has 0 unspecified atom stereocenters. The van der Waals surface area contributed by atoms with Crippen LogP contribution in [0.15, 0.2) is 10.6 Å². The van der Waals surface area contributed by atoms with E-state index in [1.807, 2.05) is 13.0 Å². The van der Waals surface area contributed by atoms with Gasteiger partial charge in [0.05, 0.1) is 12.0 Å². The molecule has 2 aromatic rings. The summed E-state index contributed by atoms with van der Waals surface area (Å²) in [6.45, 7) is 2.37. The predicted molar refractivity (Wildman–Crippen MR) is 51.7 cm³/mol. The van der Waals surface area contributed by atoms with Crippen LogP contribution in [0.25, 0.3) is 11.0 Å². The average molecular weight is 193 g/mol. The van der Waals surface area contributed by atoms with Crippen molar-refractivity contribution in [1.29, 1.82) is 0 Å². The predicted octanol–water partition coefficient (Wildman–Crippen LogP) is 1.26. The lowest BCUT2D eigenvalue weighted by Crippen LogP contribution is -1.94. The highest BCUT2D eigenvalue weighted by Crippen LogP contribution is 2.24. The first kappa shape index (κ1) is 8.96. The minimum atomic E-state index is 0.291. The number of rotatable bonds is 2. The van der Waals surface area contributed by atoms with Crippen LogP contribution in [0, 0.1) is 6.92 Å². The molecule has 2 heterocycles. The molecule has 0 amide bonds.